The van der Waals surface area contributed by atoms with Crippen LogP contribution in [-0.4, -0.2) is 11.4 Å². The fourth-order valence-corrected chi connectivity index (χ4v) is 0.891. The van der Waals surface area contributed by atoms with E-state index in [2.05, 4.69) is 13.8 Å². The second kappa shape index (κ2) is 5.07. The molecule has 56 valence electrons. The maximum Gasteiger partial charge on any atom is 0.0348 e. The standard InChI is InChI=1S/C7H16ClN/c1-3-6(8)5-7(9)4-2/h6-7H,3-5,9H2,1-2H3. The molecule has 0 saturated heterocycles. The highest BCUT2D eigenvalue weighted by molar-refractivity contribution is 6.20. The first-order valence-corrected chi connectivity index (χ1v) is 4.04. The van der Waals surface area contributed by atoms with E-state index in [-0.39, 0.29) is 5.38 Å². The molecule has 0 aromatic carbocycles. The summed E-state index contributed by atoms with van der Waals surface area (Å²) in [7, 11) is 0. The van der Waals surface area contributed by atoms with E-state index in [9.17, 15) is 0 Å². The van der Waals surface area contributed by atoms with Crippen LogP contribution in [-0.2, 0) is 0 Å². The van der Waals surface area contributed by atoms with Gasteiger partial charge in [0.25, 0.3) is 0 Å². The summed E-state index contributed by atoms with van der Waals surface area (Å²) in [6.07, 6.45) is 3.01. The largest absolute Gasteiger partial charge is 0.328 e. The lowest BCUT2D eigenvalue weighted by Crippen LogP contribution is -2.22. The Kier molecular flexibility index (Phi) is 5.21. The minimum atomic E-state index is 0.278. The van der Waals surface area contributed by atoms with Gasteiger partial charge in [-0.15, -0.1) is 11.6 Å². The van der Waals surface area contributed by atoms with Gasteiger partial charge in [-0.1, -0.05) is 13.8 Å². The Balaban J connectivity index is 3.22. The van der Waals surface area contributed by atoms with E-state index in [1.807, 2.05) is 0 Å². The number of alkyl halides is 1. The van der Waals surface area contributed by atoms with Crippen LogP contribution >= 0.6 is 11.6 Å². The van der Waals surface area contributed by atoms with Gasteiger partial charge in [0, 0.05) is 11.4 Å². The topological polar surface area (TPSA) is 26.0 Å². The SMILES string of the molecule is CCC(N)CC(Cl)CC. The number of halogens is 1. The Labute approximate surface area is 62.6 Å². The Hall–Kier alpha value is 0.250. The van der Waals surface area contributed by atoms with Crippen molar-refractivity contribution in [3.05, 3.63) is 0 Å². The number of hydrogen-bond acceptors (Lipinski definition) is 1. The molecule has 0 aliphatic rings. The molecule has 2 N–H and O–H groups in total. The lowest BCUT2D eigenvalue weighted by atomic mass is 10.1. The van der Waals surface area contributed by atoms with Crippen molar-refractivity contribution in [2.45, 2.75) is 44.5 Å². The van der Waals surface area contributed by atoms with Crippen LogP contribution < -0.4 is 5.73 Å². The molecule has 2 heteroatoms. The van der Waals surface area contributed by atoms with E-state index in [1.54, 1.807) is 0 Å². The van der Waals surface area contributed by atoms with E-state index >= 15 is 0 Å². The molecule has 0 aromatic rings. The highest BCUT2D eigenvalue weighted by Crippen LogP contribution is 2.09. The molecule has 2 unspecified atom stereocenters. The molecule has 0 fully saturated rings. The van der Waals surface area contributed by atoms with Crippen molar-refractivity contribution in [2.75, 3.05) is 0 Å². The Morgan fingerprint density at radius 2 is 1.89 bits per heavy atom. The normalized spacial score (nSPS) is 17.3. The quantitative estimate of drug-likeness (QED) is 0.609. The summed E-state index contributed by atoms with van der Waals surface area (Å²) < 4.78 is 0. The maximum atomic E-state index is 5.86. The van der Waals surface area contributed by atoms with Crippen molar-refractivity contribution in [2.24, 2.45) is 5.73 Å². The van der Waals surface area contributed by atoms with Crippen molar-refractivity contribution in [1.29, 1.82) is 0 Å². The Bertz CT molecular complexity index is 57.9. The predicted molar refractivity (Wildman–Crippen MR) is 42.8 cm³/mol. The van der Waals surface area contributed by atoms with Crippen LogP contribution in [0.3, 0.4) is 0 Å². The summed E-state index contributed by atoms with van der Waals surface area (Å²) in [6, 6.07) is 0.299. The zero-order valence-corrected chi connectivity index (χ0v) is 6.99. The van der Waals surface area contributed by atoms with Crippen molar-refractivity contribution in [1.82, 2.24) is 0 Å². The zero-order valence-electron chi connectivity index (χ0n) is 6.23. The van der Waals surface area contributed by atoms with Crippen LogP contribution in [0.25, 0.3) is 0 Å². The van der Waals surface area contributed by atoms with Gasteiger partial charge in [0.15, 0.2) is 0 Å². The molecule has 0 bridgehead atoms. The molecule has 0 amide bonds. The first kappa shape index (κ1) is 9.25. The highest BCUT2D eigenvalue weighted by atomic mass is 35.5. The molecular formula is C7H16ClN. The van der Waals surface area contributed by atoms with Crippen LogP contribution in [0.2, 0.25) is 0 Å². The van der Waals surface area contributed by atoms with E-state index in [0.29, 0.717) is 6.04 Å². The van der Waals surface area contributed by atoms with Crippen LogP contribution in [0.1, 0.15) is 33.1 Å². The predicted octanol–water partition coefficient (Wildman–Crippen LogP) is 2.13. The average Bonchev–Trinajstić information content (AvgIpc) is 1.87. The third-order valence-electron chi connectivity index (χ3n) is 1.53. The molecule has 0 saturated carbocycles. The first-order valence-electron chi connectivity index (χ1n) is 3.60. The minimum absolute atomic E-state index is 0.278. The lowest BCUT2D eigenvalue weighted by Gasteiger charge is -2.11. The van der Waals surface area contributed by atoms with Crippen molar-refractivity contribution >= 4 is 11.6 Å². The molecule has 0 radical (unpaired) electrons. The average molecular weight is 150 g/mol. The fourth-order valence-electron chi connectivity index (χ4n) is 0.662. The molecule has 0 aliphatic heterocycles. The number of rotatable bonds is 4. The Morgan fingerprint density at radius 1 is 1.33 bits per heavy atom. The molecule has 2 atom stereocenters. The van der Waals surface area contributed by atoms with Crippen LogP contribution in [0, 0.1) is 0 Å². The monoisotopic (exact) mass is 149 g/mol. The van der Waals surface area contributed by atoms with Gasteiger partial charge in [0.2, 0.25) is 0 Å². The van der Waals surface area contributed by atoms with E-state index < -0.39 is 0 Å². The van der Waals surface area contributed by atoms with Gasteiger partial charge >= 0.3 is 0 Å². The van der Waals surface area contributed by atoms with Gasteiger partial charge in [0.1, 0.15) is 0 Å². The third kappa shape index (κ3) is 4.73. The fraction of sp³-hybridized carbons (Fsp3) is 1.00. The zero-order chi connectivity index (χ0) is 7.28. The lowest BCUT2D eigenvalue weighted by molar-refractivity contribution is 0.568. The van der Waals surface area contributed by atoms with E-state index in [1.165, 1.54) is 0 Å². The van der Waals surface area contributed by atoms with Gasteiger partial charge in [0.05, 0.1) is 0 Å². The number of hydrogen-bond donors (Lipinski definition) is 1. The summed E-state index contributed by atoms with van der Waals surface area (Å²) in [6.45, 7) is 4.17. The molecule has 0 heterocycles. The summed E-state index contributed by atoms with van der Waals surface area (Å²) in [4.78, 5) is 0. The smallest absolute Gasteiger partial charge is 0.0348 e. The van der Waals surface area contributed by atoms with Gasteiger partial charge in [-0.05, 0) is 19.3 Å². The molecule has 0 rings (SSSR count). The summed E-state index contributed by atoms with van der Waals surface area (Å²) in [5.74, 6) is 0. The summed E-state index contributed by atoms with van der Waals surface area (Å²) >= 11 is 5.86. The van der Waals surface area contributed by atoms with E-state index in [4.69, 9.17) is 17.3 Å². The van der Waals surface area contributed by atoms with Crippen molar-refractivity contribution in [3.63, 3.8) is 0 Å². The minimum Gasteiger partial charge on any atom is -0.328 e. The van der Waals surface area contributed by atoms with Crippen LogP contribution in [0.4, 0.5) is 0 Å². The molecular weight excluding hydrogens is 134 g/mol. The van der Waals surface area contributed by atoms with Crippen LogP contribution in [0.5, 0.6) is 0 Å². The van der Waals surface area contributed by atoms with Crippen molar-refractivity contribution < 1.29 is 0 Å². The highest BCUT2D eigenvalue weighted by Gasteiger charge is 2.05. The third-order valence-corrected chi connectivity index (χ3v) is 2.01. The van der Waals surface area contributed by atoms with Gasteiger partial charge < -0.3 is 5.73 Å². The first-order chi connectivity index (χ1) is 4.20. The van der Waals surface area contributed by atoms with Crippen molar-refractivity contribution in [3.8, 4) is 0 Å². The van der Waals surface area contributed by atoms with Gasteiger partial charge in [-0.3, -0.25) is 0 Å². The number of nitrogens with two attached hydrogens (primary N) is 1. The maximum absolute atomic E-state index is 5.86. The van der Waals surface area contributed by atoms with Crippen LogP contribution in [0.15, 0.2) is 0 Å². The Morgan fingerprint density at radius 3 is 2.22 bits per heavy atom. The second-order valence-electron chi connectivity index (χ2n) is 2.41. The van der Waals surface area contributed by atoms with Gasteiger partial charge in [-0.2, -0.15) is 0 Å². The summed E-state index contributed by atoms with van der Waals surface area (Å²) in [5, 5.41) is 0.278. The molecule has 0 spiro atoms. The summed E-state index contributed by atoms with van der Waals surface area (Å²) in [5.41, 5.74) is 5.66. The van der Waals surface area contributed by atoms with E-state index in [0.717, 1.165) is 19.3 Å². The molecule has 0 aromatic heterocycles. The molecule has 1 nitrogen and oxygen atoms in total. The van der Waals surface area contributed by atoms with Gasteiger partial charge in [-0.25, -0.2) is 0 Å². The second-order valence-corrected chi connectivity index (χ2v) is 3.03. The molecule has 0 aliphatic carbocycles. The molecule has 9 heavy (non-hydrogen) atoms.